The van der Waals surface area contributed by atoms with Gasteiger partial charge in [-0.1, -0.05) is 0 Å². The first kappa shape index (κ1) is 11.4. The summed E-state index contributed by atoms with van der Waals surface area (Å²) in [6.45, 7) is 6.05. The van der Waals surface area contributed by atoms with E-state index in [0.717, 1.165) is 5.56 Å². The maximum Gasteiger partial charge on any atom is 0.232 e. The van der Waals surface area contributed by atoms with E-state index in [1.54, 1.807) is 14.0 Å². The minimum atomic E-state index is 0.320. The Morgan fingerprint density at radius 1 is 1.67 bits per heavy atom. The lowest BCUT2D eigenvalue weighted by atomic mass is 10.3. The Labute approximate surface area is 88.9 Å². The number of aryl methyl sites for hydroxylation is 1. The van der Waals surface area contributed by atoms with Crippen molar-refractivity contribution in [2.75, 3.05) is 13.7 Å². The number of aromatic nitrogens is 2. The van der Waals surface area contributed by atoms with Crippen LogP contribution in [0.15, 0.2) is 11.1 Å². The summed E-state index contributed by atoms with van der Waals surface area (Å²) in [7, 11) is 1.68. The molecule has 15 heavy (non-hydrogen) atoms. The number of hydrogen-bond donors (Lipinski definition) is 1. The van der Waals surface area contributed by atoms with Crippen LogP contribution in [0.5, 0.6) is 5.88 Å². The minimum absolute atomic E-state index is 0.320. The fourth-order valence-electron chi connectivity index (χ4n) is 1.31. The van der Waals surface area contributed by atoms with Crippen molar-refractivity contribution in [2.24, 2.45) is 4.99 Å². The first-order chi connectivity index (χ1) is 7.10. The van der Waals surface area contributed by atoms with Gasteiger partial charge in [-0.25, -0.2) is 0 Å². The molecule has 82 valence electrons. The molecule has 0 aromatic carbocycles. The molecule has 1 aromatic rings. The standard InChI is InChI=1S/C10H16N4O/c1-5-15-9-6-7(2)10(12-4)14(13-9)8(3)11/h6,11H,5H2,1-4H3. The van der Waals surface area contributed by atoms with E-state index in [9.17, 15) is 0 Å². The molecule has 1 rings (SSSR count). The summed E-state index contributed by atoms with van der Waals surface area (Å²) in [6.07, 6.45) is 0. The van der Waals surface area contributed by atoms with Gasteiger partial charge >= 0.3 is 0 Å². The van der Waals surface area contributed by atoms with Crippen LogP contribution < -0.4 is 10.2 Å². The van der Waals surface area contributed by atoms with Gasteiger partial charge in [0.05, 0.1) is 6.61 Å². The molecular formula is C10H16N4O. The second kappa shape index (κ2) is 4.72. The zero-order valence-electron chi connectivity index (χ0n) is 9.53. The van der Waals surface area contributed by atoms with Crippen LogP contribution in [-0.4, -0.2) is 29.3 Å². The summed E-state index contributed by atoms with van der Waals surface area (Å²) in [5, 5.41) is 11.8. The van der Waals surface area contributed by atoms with Gasteiger partial charge in [0.1, 0.15) is 5.84 Å². The van der Waals surface area contributed by atoms with Crippen LogP contribution in [0.4, 0.5) is 0 Å². The molecule has 0 saturated heterocycles. The molecule has 1 heterocycles. The van der Waals surface area contributed by atoms with Gasteiger partial charge in [0.2, 0.25) is 5.88 Å². The average Bonchev–Trinajstić information content (AvgIpc) is 2.17. The van der Waals surface area contributed by atoms with E-state index in [1.807, 2.05) is 19.9 Å². The number of hydrogen-bond acceptors (Lipinski definition) is 4. The monoisotopic (exact) mass is 208 g/mol. The average molecular weight is 208 g/mol. The van der Waals surface area contributed by atoms with E-state index in [-0.39, 0.29) is 0 Å². The second-order valence-electron chi connectivity index (χ2n) is 3.14. The van der Waals surface area contributed by atoms with Crippen molar-refractivity contribution in [1.82, 2.24) is 9.78 Å². The van der Waals surface area contributed by atoms with Crippen LogP contribution in [0, 0.1) is 12.3 Å². The molecule has 1 aromatic heterocycles. The van der Waals surface area contributed by atoms with Crippen LogP contribution in [0.25, 0.3) is 0 Å². The SMILES string of the molecule is CCOc1cc(C)c(=NC)n(C(C)=N)n1. The van der Waals surface area contributed by atoms with Gasteiger partial charge in [0.15, 0.2) is 5.49 Å². The molecule has 5 nitrogen and oxygen atoms in total. The molecule has 0 bridgehead atoms. The quantitative estimate of drug-likeness (QED) is 0.581. The van der Waals surface area contributed by atoms with Gasteiger partial charge in [-0.2, -0.15) is 4.68 Å². The van der Waals surface area contributed by atoms with Crippen molar-refractivity contribution in [3.05, 3.63) is 17.1 Å². The first-order valence-electron chi connectivity index (χ1n) is 4.82. The van der Waals surface area contributed by atoms with E-state index in [4.69, 9.17) is 10.1 Å². The highest BCUT2D eigenvalue weighted by molar-refractivity contribution is 5.77. The van der Waals surface area contributed by atoms with E-state index >= 15 is 0 Å². The normalized spacial score (nSPS) is 11.6. The van der Waals surface area contributed by atoms with Crippen LogP contribution in [0.1, 0.15) is 19.4 Å². The largest absolute Gasteiger partial charge is 0.477 e. The Morgan fingerprint density at radius 2 is 2.33 bits per heavy atom. The molecule has 0 saturated carbocycles. The Bertz CT molecular complexity index is 434. The second-order valence-corrected chi connectivity index (χ2v) is 3.14. The number of rotatable bonds is 2. The lowest BCUT2D eigenvalue weighted by Crippen LogP contribution is -2.30. The topological polar surface area (TPSA) is 63.3 Å². The van der Waals surface area contributed by atoms with Crippen molar-refractivity contribution in [1.29, 1.82) is 5.41 Å². The summed E-state index contributed by atoms with van der Waals surface area (Å²) >= 11 is 0. The van der Waals surface area contributed by atoms with Crippen LogP contribution in [0.2, 0.25) is 0 Å². The summed E-state index contributed by atoms with van der Waals surface area (Å²) in [5.74, 6) is 0.842. The number of ether oxygens (including phenoxy) is 1. The summed E-state index contributed by atoms with van der Waals surface area (Å²) in [4.78, 5) is 4.10. The predicted molar refractivity (Wildman–Crippen MR) is 58.4 cm³/mol. The van der Waals surface area contributed by atoms with Gasteiger partial charge in [-0.05, 0) is 26.3 Å². The lowest BCUT2D eigenvalue weighted by Gasteiger charge is -2.09. The van der Waals surface area contributed by atoms with Crippen molar-refractivity contribution in [3.63, 3.8) is 0 Å². The Hall–Kier alpha value is -1.65. The summed E-state index contributed by atoms with van der Waals surface area (Å²) in [6, 6.07) is 1.82. The van der Waals surface area contributed by atoms with Gasteiger partial charge < -0.3 is 4.74 Å². The van der Waals surface area contributed by atoms with E-state index in [0.29, 0.717) is 23.8 Å². The fourth-order valence-corrected chi connectivity index (χ4v) is 1.31. The van der Waals surface area contributed by atoms with Crippen LogP contribution >= 0.6 is 0 Å². The fraction of sp³-hybridized carbons (Fsp3) is 0.500. The number of nitrogens with zero attached hydrogens (tertiary/aromatic N) is 3. The molecule has 0 amide bonds. The lowest BCUT2D eigenvalue weighted by molar-refractivity contribution is 0.319. The molecule has 5 heteroatoms. The van der Waals surface area contributed by atoms with Crippen molar-refractivity contribution in [2.45, 2.75) is 20.8 Å². The highest BCUT2D eigenvalue weighted by atomic mass is 16.5. The van der Waals surface area contributed by atoms with E-state index in [1.165, 1.54) is 4.68 Å². The number of nitrogens with one attached hydrogen (secondary N) is 1. The van der Waals surface area contributed by atoms with Crippen molar-refractivity contribution in [3.8, 4) is 5.88 Å². The molecule has 0 spiro atoms. The predicted octanol–water partition coefficient (Wildman–Crippen LogP) is 0.966. The third kappa shape index (κ3) is 2.43. The first-order valence-corrected chi connectivity index (χ1v) is 4.82. The third-order valence-electron chi connectivity index (χ3n) is 1.91. The van der Waals surface area contributed by atoms with Crippen molar-refractivity contribution >= 4 is 5.84 Å². The molecule has 0 aliphatic heterocycles. The zero-order valence-corrected chi connectivity index (χ0v) is 9.53. The third-order valence-corrected chi connectivity index (χ3v) is 1.91. The highest BCUT2D eigenvalue weighted by Crippen LogP contribution is 2.04. The molecule has 0 radical (unpaired) electrons. The van der Waals surface area contributed by atoms with Gasteiger partial charge in [-0.3, -0.25) is 10.4 Å². The molecule has 0 fully saturated rings. The van der Waals surface area contributed by atoms with Crippen LogP contribution in [-0.2, 0) is 0 Å². The molecule has 0 atom stereocenters. The summed E-state index contributed by atoms with van der Waals surface area (Å²) in [5.41, 5.74) is 1.63. The van der Waals surface area contributed by atoms with E-state index in [2.05, 4.69) is 10.1 Å². The smallest absolute Gasteiger partial charge is 0.232 e. The maximum absolute atomic E-state index is 7.59. The van der Waals surface area contributed by atoms with Crippen LogP contribution in [0.3, 0.4) is 0 Å². The maximum atomic E-state index is 7.59. The minimum Gasteiger partial charge on any atom is -0.477 e. The molecule has 0 aliphatic carbocycles. The van der Waals surface area contributed by atoms with Gasteiger partial charge in [-0.15, -0.1) is 5.10 Å². The molecular weight excluding hydrogens is 192 g/mol. The Morgan fingerprint density at radius 3 is 2.80 bits per heavy atom. The zero-order chi connectivity index (χ0) is 11.4. The van der Waals surface area contributed by atoms with E-state index < -0.39 is 0 Å². The van der Waals surface area contributed by atoms with Gasteiger partial charge in [0, 0.05) is 13.1 Å². The Kier molecular flexibility index (Phi) is 3.60. The molecule has 0 aliphatic rings. The summed E-state index contributed by atoms with van der Waals surface area (Å²) < 4.78 is 6.78. The van der Waals surface area contributed by atoms with Crippen molar-refractivity contribution < 1.29 is 4.74 Å². The Balaban J connectivity index is 3.39. The van der Waals surface area contributed by atoms with Gasteiger partial charge in [0.25, 0.3) is 0 Å². The highest BCUT2D eigenvalue weighted by Gasteiger charge is 2.04. The molecule has 0 unspecified atom stereocenters. The molecule has 1 N–H and O–H groups in total.